The van der Waals surface area contributed by atoms with Gasteiger partial charge >= 0.3 is 0 Å². The molecule has 1 unspecified atom stereocenters. The SMILES string of the molecule is CC1CN(S(=O)(=O)c2ccc(CCl)cc2Br)CC(C)(C)O1. The number of hydrogen-bond donors (Lipinski definition) is 0. The van der Waals surface area contributed by atoms with E-state index in [0.717, 1.165) is 5.56 Å². The molecule has 0 N–H and O–H groups in total. The summed E-state index contributed by atoms with van der Waals surface area (Å²) in [5.74, 6) is 0.348. The Hall–Kier alpha value is -0.140. The minimum atomic E-state index is -3.56. The van der Waals surface area contributed by atoms with E-state index in [9.17, 15) is 8.42 Å². The van der Waals surface area contributed by atoms with Crippen LogP contribution in [0.2, 0.25) is 0 Å². The van der Waals surface area contributed by atoms with Crippen molar-refractivity contribution < 1.29 is 13.2 Å². The van der Waals surface area contributed by atoms with Gasteiger partial charge in [0.15, 0.2) is 0 Å². The second-order valence-corrected chi connectivity index (χ2v) is 8.91. The highest BCUT2D eigenvalue weighted by Gasteiger charge is 2.38. The summed E-state index contributed by atoms with van der Waals surface area (Å²) in [5, 5.41) is 0. The summed E-state index contributed by atoms with van der Waals surface area (Å²) >= 11 is 9.11. The molecule has 1 aromatic rings. The highest BCUT2D eigenvalue weighted by atomic mass is 79.9. The van der Waals surface area contributed by atoms with E-state index in [2.05, 4.69) is 15.9 Å². The molecule has 0 saturated carbocycles. The van der Waals surface area contributed by atoms with Crippen LogP contribution in [0.25, 0.3) is 0 Å². The van der Waals surface area contributed by atoms with Gasteiger partial charge in [-0.3, -0.25) is 0 Å². The molecule has 1 atom stereocenters. The van der Waals surface area contributed by atoms with E-state index >= 15 is 0 Å². The van der Waals surface area contributed by atoms with Gasteiger partial charge in [-0.05, 0) is 54.4 Å². The molecule has 118 valence electrons. The summed E-state index contributed by atoms with van der Waals surface area (Å²) in [6.45, 7) is 6.38. The zero-order valence-electron chi connectivity index (χ0n) is 12.3. The van der Waals surface area contributed by atoms with Gasteiger partial charge in [0, 0.05) is 23.4 Å². The van der Waals surface area contributed by atoms with Crippen molar-refractivity contribution in [3.8, 4) is 0 Å². The highest BCUT2D eigenvalue weighted by Crippen LogP contribution is 2.30. The maximum atomic E-state index is 12.8. The average Bonchev–Trinajstić information content (AvgIpc) is 2.35. The molecule has 0 radical (unpaired) electrons. The number of halogens is 2. The summed E-state index contributed by atoms with van der Waals surface area (Å²) in [4.78, 5) is 0.265. The fourth-order valence-corrected chi connectivity index (χ4v) is 5.47. The van der Waals surface area contributed by atoms with E-state index in [-0.39, 0.29) is 11.0 Å². The number of morpholine rings is 1. The average molecular weight is 397 g/mol. The molecule has 1 fully saturated rings. The van der Waals surface area contributed by atoms with E-state index in [1.807, 2.05) is 20.8 Å². The van der Waals surface area contributed by atoms with E-state index in [0.29, 0.717) is 23.4 Å². The zero-order chi connectivity index (χ0) is 15.8. The Bertz CT molecular complexity index is 633. The number of sulfonamides is 1. The van der Waals surface area contributed by atoms with Crippen LogP contribution in [-0.2, 0) is 20.6 Å². The minimum absolute atomic E-state index is 0.135. The smallest absolute Gasteiger partial charge is 0.244 e. The van der Waals surface area contributed by atoms with Gasteiger partial charge in [-0.1, -0.05) is 6.07 Å². The van der Waals surface area contributed by atoms with Crippen molar-refractivity contribution in [2.24, 2.45) is 0 Å². The monoisotopic (exact) mass is 395 g/mol. The Morgan fingerprint density at radius 2 is 2.14 bits per heavy atom. The number of nitrogens with zero attached hydrogens (tertiary/aromatic N) is 1. The number of ether oxygens (including phenoxy) is 1. The second-order valence-electron chi connectivity index (χ2n) is 5.88. The molecule has 0 amide bonds. The van der Waals surface area contributed by atoms with Crippen molar-refractivity contribution in [1.82, 2.24) is 4.31 Å². The molecular weight excluding hydrogens is 378 g/mol. The molecule has 0 aromatic heterocycles. The third-order valence-corrected chi connectivity index (χ3v) is 6.40. The lowest BCUT2D eigenvalue weighted by molar-refractivity contribution is -0.109. The summed E-state index contributed by atoms with van der Waals surface area (Å²) in [7, 11) is -3.56. The van der Waals surface area contributed by atoms with Gasteiger partial charge in [-0.15, -0.1) is 11.6 Å². The summed E-state index contributed by atoms with van der Waals surface area (Å²) in [5.41, 5.74) is 0.381. The molecule has 0 aliphatic carbocycles. The zero-order valence-corrected chi connectivity index (χ0v) is 15.4. The molecule has 1 aliphatic heterocycles. The van der Waals surface area contributed by atoms with E-state index < -0.39 is 15.6 Å². The Morgan fingerprint density at radius 1 is 1.48 bits per heavy atom. The van der Waals surface area contributed by atoms with Crippen molar-refractivity contribution >= 4 is 37.6 Å². The summed E-state index contributed by atoms with van der Waals surface area (Å²) in [6.07, 6.45) is -0.135. The Morgan fingerprint density at radius 3 is 2.67 bits per heavy atom. The second kappa shape index (κ2) is 6.16. The van der Waals surface area contributed by atoms with Gasteiger partial charge in [0.25, 0.3) is 0 Å². The molecule has 7 heteroatoms. The summed E-state index contributed by atoms with van der Waals surface area (Å²) in [6, 6.07) is 5.08. The van der Waals surface area contributed by atoms with Crippen LogP contribution in [0.4, 0.5) is 0 Å². The van der Waals surface area contributed by atoms with Crippen LogP contribution < -0.4 is 0 Å². The van der Waals surface area contributed by atoms with E-state index in [4.69, 9.17) is 16.3 Å². The first-order valence-electron chi connectivity index (χ1n) is 6.68. The largest absolute Gasteiger partial charge is 0.370 e. The van der Waals surface area contributed by atoms with Crippen molar-refractivity contribution in [2.75, 3.05) is 13.1 Å². The van der Waals surface area contributed by atoms with Crippen molar-refractivity contribution in [2.45, 2.75) is 43.3 Å². The minimum Gasteiger partial charge on any atom is -0.370 e. The molecule has 2 rings (SSSR count). The van der Waals surface area contributed by atoms with Crippen LogP contribution in [0.15, 0.2) is 27.6 Å². The van der Waals surface area contributed by atoms with Crippen LogP contribution >= 0.6 is 27.5 Å². The molecule has 1 saturated heterocycles. The predicted molar refractivity (Wildman–Crippen MR) is 87.1 cm³/mol. The van der Waals surface area contributed by atoms with Crippen LogP contribution in [0.1, 0.15) is 26.3 Å². The predicted octanol–water partition coefficient (Wildman–Crippen LogP) is 3.38. The molecule has 0 spiro atoms. The Labute approximate surface area is 139 Å². The first-order chi connectivity index (χ1) is 9.65. The first-order valence-corrected chi connectivity index (χ1v) is 9.45. The van der Waals surface area contributed by atoms with Crippen LogP contribution in [0.3, 0.4) is 0 Å². The van der Waals surface area contributed by atoms with Gasteiger partial charge in [-0.25, -0.2) is 8.42 Å². The molecular formula is C14H19BrClNO3S. The Kier molecular flexibility index (Phi) is 5.05. The van der Waals surface area contributed by atoms with Gasteiger partial charge in [0.05, 0.1) is 16.6 Å². The Balaban J connectivity index is 2.38. The third kappa shape index (κ3) is 3.79. The van der Waals surface area contributed by atoms with Crippen LogP contribution in [0, 0.1) is 0 Å². The number of rotatable bonds is 3. The van der Waals surface area contributed by atoms with Crippen molar-refractivity contribution in [3.63, 3.8) is 0 Å². The fourth-order valence-electron chi connectivity index (χ4n) is 2.55. The fraction of sp³-hybridized carbons (Fsp3) is 0.571. The van der Waals surface area contributed by atoms with Crippen LogP contribution in [0.5, 0.6) is 0 Å². The van der Waals surface area contributed by atoms with Gasteiger partial charge in [0.2, 0.25) is 10.0 Å². The van der Waals surface area contributed by atoms with Gasteiger partial charge in [-0.2, -0.15) is 4.31 Å². The normalized spacial score (nSPS) is 23.2. The van der Waals surface area contributed by atoms with Crippen molar-refractivity contribution in [1.29, 1.82) is 0 Å². The maximum absolute atomic E-state index is 12.8. The number of alkyl halides is 1. The lowest BCUT2D eigenvalue weighted by Gasteiger charge is -2.41. The molecule has 4 nitrogen and oxygen atoms in total. The molecule has 21 heavy (non-hydrogen) atoms. The number of benzene rings is 1. The lowest BCUT2D eigenvalue weighted by Crippen LogP contribution is -2.53. The van der Waals surface area contributed by atoms with E-state index in [1.165, 1.54) is 4.31 Å². The van der Waals surface area contributed by atoms with Gasteiger partial charge in [0.1, 0.15) is 0 Å². The van der Waals surface area contributed by atoms with Gasteiger partial charge < -0.3 is 4.74 Å². The first kappa shape index (κ1) is 17.2. The lowest BCUT2D eigenvalue weighted by atomic mass is 10.1. The molecule has 0 bridgehead atoms. The van der Waals surface area contributed by atoms with E-state index in [1.54, 1.807) is 18.2 Å². The molecule has 1 heterocycles. The van der Waals surface area contributed by atoms with Crippen molar-refractivity contribution in [3.05, 3.63) is 28.2 Å². The molecule has 1 aromatic carbocycles. The third-order valence-electron chi connectivity index (χ3n) is 3.31. The van der Waals surface area contributed by atoms with Crippen LogP contribution in [-0.4, -0.2) is 37.5 Å². The topological polar surface area (TPSA) is 46.6 Å². The highest BCUT2D eigenvalue weighted by molar-refractivity contribution is 9.10. The summed E-state index contributed by atoms with van der Waals surface area (Å²) < 4.78 is 33.5. The quantitative estimate of drug-likeness (QED) is 0.736. The standard InChI is InChI=1S/C14H19BrClNO3S/c1-10-8-17(9-14(2,3)20-10)21(18,19)13-5-4-11(7-16)6-12(13)15/h4-6,10H,7-9H2,1-3H3. The molecule has 1 aliphatic rings. The maximum Gasteiger partial charge on any atom is 0.244 e. The number of hydrogen-bond acceptors (Lipinski definition) is 3.